The molecule has 0 radical (unpaired) electrons. The zero-order valence-electron chi connectivity index (χ0n) is 16.6. The van der Waals surface area contributed by atoms with Crippen molar-refractivity contribution in [2.24, 2.45) is 0 Å². The first-order valence-electron chi connectivity index (χ1n) is 9.06. The van der Waals surface area contributed by atoms with Gasteiger partial charge in [0.25, 0.3) is 11.8 Å². The molecule has 1 aromatic carbocycles. The lowest BCUT2D eigenvalue weighted by Crippen LogP contribution is -2.52. The monoisotopic (exact) mass is 411 g/mol. The van der Waals surface area contributed by atoms with Crippen molar-refractivity contribution >= 4 is 41.2 Å². The summed E-state index contributed by atoms with van der Waals surface area (Å²) in [4.78, 5) is 37.7. The molecule has 1 saturated heterocycles. The molecule has 7 nitrogen and oxygen atoms in total. The first kappa shape index (κ1) is 20.5. The van der Waals surface area contributed by atoms with Gasteiger partial charge in [0, 0.05) is 24.1 Å². The molecule has 29 heavy (non-hydrogen) atoms. The molecule has 3 rings (SSSR count). The Balaban J connectivity index is 1.97. The third-order valence-electron chi connectivity index (χ3n) is 4.71. The number of aromatic nitrogens is 1. The van der Waals surface area contributed by atoms with Crippen LogP contribution in [0.3, 0.4) is 0 Å². The Bertz CT molecular complexity index is 1050. The molecule has 0 aliphatic carbocycles. The van der Waals surface area contributed by atoms with E-state index in [0.29, 0.717) is 12.2 Å². The predicted molar refractivity (Wildman–Crippen MR) is 113 cm³/mol. The lowest BCUT2D eigenvalue weighted by atomic mass is 10.1. The smallest absolute Gasteiger partial charge is 0.338 e. The average Bonchev–Trinajstić information content (AvgIpc) is 2.97. The summed E-state index contributed by atoms with van der Waals surface area (Å²) in [6.07, 6.45) is 1.57. The third-order valence-corrected chi connectivity index (χ3v) is 5.09. The van der Waals surface area contributed by atoms with Gasteiger partial charge in [-0.3, -0.25) is 19.8 Å². The molecule has 150 valence electrons. The van der Waals surface area contributed by atoms with Crippen molar-refractivity contribution < 1.29 is 19.1 Å². The average molecular weight is 411 g/mol. The van der Waals surface area contributed by atoms with E-state index in [4.69, 9.17) is 17.0 Å². The molecule has 0 spiro atoms. The number of thiocarbonyl (C=S) groups is 1. The fourth-order valence-electron chi connectivity index (χ4n) is 3.19. The number of amides is 2. The Morgan fingerprint density at radius 2 is 1.86 bits per heavy atom. The highest BCUT2D eigenvalue weighted by molar-refractivity contribution is 7.80. The quantitative estimate of drug-likeness (QED) is 0.362. The summed E-state index contributed by atoms with van der Waals surface area (Å²) >= 11 is 4.97. The highest BCUT2D eigenvalue weighted by Crippen LogP contribution is 2.24. The van der Waals surface area contributed by atoms with Crippen LogP contribution in [-0.2, 0) is 14.3 Å². The van der Waals surface area contributed by atoms with Crippen LogP contribution in [0, 0.1) is 13.8 Å². The van der Waals surface area contributed by atoms with Crippen LogP contribution < -0.4 is 5.32 Å². The molecule has 1 fully saturated rings. The number of ether oxygens (including phenoxy) is 1. The van der Waals surface area contributed by atoms with Crippen molar-refractivity contribution in [2.75, 3.05) is 13.7 Å². The van der Waals surface area contributed by atoms with Crippen molar-refractivity contribution in [1.82, 2.24) is 14.8 Å². The van der Waals surface area contributed by atoms with E-state index in [9.17, 15) is 14.4 Å². The number of benzene rings is 1. The summed E-state index contributed by atoms with van der Waals surface area (Å²) in [5.74, 6) is -1.32. The Hall–Kier alpha value is -3.26. The summed E-state index contributed by atoms with van der Waals surface area (Å²) in [6.45, 7) is 5.91. The highest BCUT2D eigenvalue weighted by Gasteiger charge is 2.31. The molecular formula is C21H21N3O4S. The van der Waals surface area contributed by atoms with E-state index in [2.05, 4.69) is 5.32 Å². The van der Waals surface area contributed by atoms with Gasteiger partial charge >= 0.3 is 5.97 Å². The van der Waals surface area contributed by atoms with Gasteiger partial charge in [-0.1, -0.05) is 0 Å². The third kappa shape index (κ3) is 3.84. The minimum atomic E-state index is -0.512. The molecule has 2 aromatic rings. The van der Waals surface area contributed by atoms with E-state index in [1.165, 1.54) is 11.9 Å². The standard InChI is InChI=1S/C21H21N3O4S/c1-5-28-20(27)14-6-8-16(9-7-14)24-12(2)10-15(13(24)3)11-17-18(25)22-21(29)23(4)19(17)26/h6-11H,5H2,1-4H3,(H,22,25,29). The Morgan fingerprint density at radius 3 is 2.48 bits per heavy atom. The van der Waals surface area contributed by atoms with E-state index in [-0.39, 0.29) is 16.7 Å². The van der Waals surface area contributed by atoms with Gasteiger partial charge in [-0.15, -0.1) is 0 Å². The fraction of sp³-hybridized carbons (Fsp3) is 0.238. The number of nitrogens with zero attached hydrogens (tertiary/aromatic N) is 2. The summed E-state index contributed by atoms with van der Waals surface area (Å²) in [5, 5.41) is 2.60. The van der Waals surface area contributed by atoms with E-state index in [1.807, 2.05) is 36.6 Å². The maximum atomic E-state index is 12.4. The van der Waals surface area contributed by atoms with Crippen LogP contribution in [0.25, 0.3) is 11.8 Å². The van der Waals surface area contributed by atoms with Gasteiger partial charge in [-0.2, -0.15) is 0 Å². The SMILES string of the molecule is CCOC(=O)c1ccc(-n2c(C)cc(C=C3C(=O)NC(=S)N(C)C3=O)c2C)cc1. The predicted octanol–water partition coefficient (Wildman–Crippen LogP) is 2.53. The summed E-state index contributed by atoms with van der Waals surface area (Å²) in [6, 6.07) is 8.97. The number of likely N-dealkylation sites (N-methyl/N-ethyl adjacent to an activating group) is 1. The minimum Gasteiger partial charge on any atom is -0.462 e. The number of carbonyl (C=O) groups is 3. The maximum Gasteiger partial charge on any atom is 0.338 e. The lowest BCUT2D eigenvalue weighted by molar-refractivity contribution is -0.128. The molecule has 2 amide bonds. The normalized spacial score (nSPS) is 15.7. The molecule has 0 unspecified atom stereocenters. The molecule has 1 aromatic heterocycles. The van der Waals surface area contributed by atoms with Crippen LogP contribution in [0.4, 0.5) is 0 Å². The fourth-order valence-corrected chi connectivity index (χ4v) is 3.37. The molecule has 1 N–H and O–H groups in total. The number of nitrogens with one attached hydrogen (secondary N) is 1. The van der Waals surface area contributed by atoms with Crippen molar-refractivity contribution in [1.29, 1.82) is 0 Å². The van der Waals surface area contributed by atoms with Crippen molar-refractivity contribution in [3.05, 3.63) is 58.4 Å². The lowest BCUT2D eigenvalue weighted by Gasteiger charge is -2.25. The summed E-state index contributed by atoms with van der Waals surface area (Å²) < 4.78 is 7.00. The number of aryl methyl sites for hydroxylation is 1. The van der Waals surface area contributed by atoms with Crippen LogP contribution in [0.5, 0.6) is 0 Å². The highest BCUT2D eigenvalue weighted by atomic mass is 32.1. The molecular weight excluding hydrogens is 390 g/mol. The summed E-state index contributed by atoms with van der Waals surface area (Å²) in [7, 11) is 1.52. The largest absolute Gasteiger partial charge is 0.462 e. The second-order valence-electron chi connectivity index (χ2n) is 6.61. The first-order valence-corrected chi connectivity index (χ1v) is 9.47. The van der Waals surface area contributed by atoms with Gasteiger partial charge in [-0.05, 0) is 75.0 Å². The van der Waals surface area contributed by atoms with Crippen molar-refractivity contribution in [3.8, 4) is 5.69 Å². The topological polar surface area (TPSA) is 80.6 Å². The molecule has 1 aliphatic heterocycles. The number of rotatable bonds is 4. The van der Waals surface area contributed by atoms with Crippen molar-refractivity contribution in [3.63, 3.8) is 0 Å². The van der Waals surface area contributed by atoms with Gasteiger partial charge in [0.2, 0.25) is 0 Å². The first-order chi connectivity index (χ1) is 13.7. The molecule has 8 heteroatoms. The second kappa shape index (κ2) is 8.00. The van der Waals surface area contributed by atoms with Crippen LogP contribution in [-0.4, -0.2) is 46.0 Å². The Labute approximate surface area is 173 Å². The second-order valence-corrected chi connectivity index (χ2v) is 7.00. The van der Waals surface area contributed by atoms with Gasteiger partial charge in [-0.25, -0.2) is 4.79 Å². The van der Waals surface area contributed by atoms with Crippen molar-refractivity contribution in [2.45, 2.75) is 20.8 Å². The zero-order chi connectivity index (χ0) is 21.3. The number of hydrogen-bond donors (Lipinski definition) is 1. The maximum absolute atomic E-state index is 12.4. The van der Waals surface area contributed by atoms with E-state index in [1.54, 1.807) is 25.1 Å². The van der Waals surface area contributed by atoms with E-state index < -0.39 is 11.8 Å². The van der Waals surface area contributed by atoms with Gasteiger partial charge in [0.05, 0.1) is 12.2 Å². The van der Waals surface area contributed by atoms with Crippen LogP contribution in [0.15, 0.2) is 35.9 Å². The van der Waals surface area contributed by atoms with Crippen LogP contribution >= 0.6 is 12.2 Å². The van der Waals surface area contributed by atoms with E-state index in [0.717, 1.165) is 22.6 Å². The molecule has 2 heterocycles. The number of hydrogen-bond acceptors (Lipinski definition) is 5. The number of carbonyl (C=O) groups excluding carboxylic acids is 3. The minimum absolute atomic E-state index is 0.0269. The molecule has 0 bridgehead atoms. The molecule has 0 atom stereocenters. The van der Waals surface area contributed by atoms with Gasteiger partial charge in [0.1, 0.15) is 5.57 Å². The molecule has 0 saturated carbocycles. The Morgan fingerprint density at radius 1 is 1.21 bits per heavy atom. The molecule has 1 aliphatic rings. The van der Waals surface area contributed by atoms with Crippen LogP contribution in [0.2, 0.25) is 0 Å². The Kier molecular flexibility index (Phi) is 5.65. The van der Waals surface area contributed by atoms with Crippen LogP contribution in [0.1, 0.15) is 34.2 Å². The summed E-state index contributed by atoms with van der Waals surface area (Å²) in [5.41, 5.74) is 3.89. The van der Waals surface area contributed by atoms with Gasteiger partial charge < -0.3 is 9.30 Å². The number of esters is 1. The zero-order valence-corrected chi connectivity index (χ0v) is 17.4. The van der Waals surface area contributed by atoms with Gasteiger partial charge in [0.15, 0.2) is 5.11 Å². The van der Waals surface area contributed by atoms with E-state index >= 15 is 0 Å².